The molecule has 4 heteroatoms. The summed E-state index contributed by atoms with van der Waals surface area (Å²) in [4.78, 5) is 16.4. The molecule has 0 radical (unpaired) electrons. The smallest absolute Gasteiger partial charge is 0.229 e. The van der Waals surface area contributed by atoms with Crippen molar-refractivity contribution in [2.24, 2.45) is 5.92 Å². The van der Waals surface area contributed by atoms with Crippen LogP contribution in [0.3, 0.4) is 0 Å². The summed E-state index contributed by atoms with van der Waals surface area (Å²) < 4.78 is 0. The van der Waals surface area contributed by atoms with Gasteiger partial charge in [0.15, 0.2) is 5.13 Å². The summed E-state index contributed by atoms with van der Waals surface area (Å²) in [5, 5.41) is 5.55. The summed E-state index contributed by atoms with van der Waals surface area (Å²) in [6.45, 7) is 4.07. The van der Waals surface area contributed by atoms with Gasteiger partial charge in [0, 0.05) is 16.9 Å². The Morgan fingerprint density at radius 1 is 1.26 bits per heavy atom. The molecular weight excluding hydrogens is 256 g/mol. The molecule has 0 aliphatic heterocycles. The van der Waals surface area contributed by atoms with Gasteiger partial charge in [-0.25, -0.2) is 4.98 Å². The van der Waals surface area contributed by atoms with Crippen LogP contribution in [0.5, 0.6) is 0 Å². The quantitative estimate of drug-likeness (QED) is 0.888. The van der Waals surface area contributed by atoms with Crippen LogP contribution in [0.25, 0.3) is 11.3 Å². The Balaban J connectivity index is 2.08. The van der Waals surface area contributed by atoms with Crippen molar-refractivity contribution < 1.29 is 4.79 Å². The zero-order valence-electron chi connectivity index (χ0n) is 11.2. The first-order valence-corrected chi connectivity index (χ1v) is 7.44. The van der Waals surface area contributed by atoms with Crippen LogP contribution in [0, 0.1) is 5.92 Å². The molecule has 0 spiro atoms. The number of hydrogen-bond donors (Lipinski definition) is 1. The van der Waals surface area contributed by atoms with Gasteiger partial charge in [-0.2, -0.15) is 0 Å². The number of amides is 1. The van der Waals surface area contributed by atoms with Crippen molar-refractivity contribution in [2.45, 2.75) is 26.7 Å². The van der Waals surface area contributed by atoms with Gasteiger partial charge in [0.25, 0.3) is 0 Å². The molecule has 0 fully saturated rings. The van der Waals surface area contributed by atoms with E-state index < -0.39 is 0 Å². The van der Waals surface area contributed by atoms with Crippen LogP contribution < -0.4 is 5.32 Å². The first-order valence-electron chi connectivity index (χ1n) is 6.56. The first kappa shape index (κ1) is 13.7. The Kier molecular flexibility index (Phi) is 4.68. The van der Waals surface area contributed by atoms with Crippen LogP contribution in [-0.2, 0) is 4.79 Å². The highest BCUT2D eigenvalue weighted by atomic mass is 32.1. The number of aromatic nitrogens is 1. The Morgan fingerprint density at radius 2 is 1.95 bits per heavy atom. The van der Waals surface area contributed by atoms with Crippen LogP contribution in [0.2, 0.25) is 0 Å². The van der Waals surface area contributed by atoms with Crippen LogP contribution in [0.4, 0.5) is 5.13 Å². The maximum absolute atomic E-state index is 12.0. The maximum Gasteiger partial charge on any atom is 0.229 e. The molecule has 1 aromatic carbocycles. The van der Waals surface area contributed by atoms with E-state index in [1.807, 2.05) is 49.6 Å². The lowest BCUT2D eigenvalue weighted by atomic mass is 10.0. The van der Waals surface area contributed by atoms with Crippen molar-refractivity contribution in [2.75, 3.05) is 5.32 Å². The number of anilines is 1. The Morgan fingerprint density at radius 3 is 2.58 bits per heavy atom. The van der Waals surface area contributed by atoms with Crippen LogP contribution in [0.15, 0.2) is 35.7 Å². The molecule has 2 rings (SSSR count). The van der Waals surface area contributed by atoms with E-state index in [1.165, 1.54) is 11.3 Å². The van der Waals surface area contributed by atoms with Gasteiger partial charge in [-0.1, -0.05) is 44.2 Å². The zero-order valence-corrected chi connectivity index (χ0v) is 12.0. The molecular formula is C15H18N2OS. The Bertz CT molecular complexity index is 532. The molecule has 0 saturated carbocycles. The second kappa shape index (κ2) is 6.48. The molecule has 0 atom stereocenters. The predicted molar refractivity (Wildman–Crippen MR) is 80.3 cm³/mol. The van der Waals surface area contributed by atoms with E-state index >= 15 is 0 Å². The van der Waals surface area contributed by atoms with Gasteiger partial charge in [0.2, 0.25) is 5.91 Å². The van der Waals surface area contributed by atoms with Gasteiger partial charge < -0.3 is 5.32 Å². The van der Waals surface area contributed by atoms with E-state index in [0.29, 0.717) is 5.13 Å². The Hall–Kier alpha value is -1.68. The second-order valence-corrected chi connectivity index (χ2v) is 5.26. The highest BCUT2D eigenvalue weighted by molar-refractivity contribution is 7.14. The monoisotopic (exact) mass is 274 g/mol. The number of carbonyl (C=O) groups excluding carboxylic acids is 1. The predicted octanol–water partition coefficient (Wildman–Crippen LogP) is 4.18. The van der Waals surface area contributed by atoms with Gasteiger partial charge in [-0.15, -0.1) is 11.3 Å². The number of rotatable bonds is 5. The number of nitrogens with one attached hydrogen (secondary N) is 1. The lowest BCUT2D eigenvalue weighted by molar-refractivity contribution is -0.120. The summed E-state index contributed by atoms with van der Waals surface area (Å²) in [6, 6.07) is 9.98. The average Bonchev–Trinajstić information content (AvgIpc) is 2.89. The normalized spacial score (nSPS) is 10.7. The molecule has 100 valence electrons. The minimum absolute atomic E-state index is 0.0685. The van der Waals surface area contributed by atoms with Gasteiger partial charge in [-0.05, 0) is 12.8 Å². The summed E-state index contributed by atoms with van der Waals surface area (Å²) in [5.74, 6) is 0.142. The highest BCUT2D eigenvalue weighted by Gasteiger charge is 2.15. The van der Waals surface area contributed by atoms with Crippen LogP contribution >= 0.6 is 11.3 Å². The fourth-order valence-corrected chi connectivity index (χ4v) is 2.66. The maximum atomic E-state index is 12.0. The third-order valence-corrected chi connectivity index (χ3v) is 3.92. The molecule has 0 saturated heterocycles. The second-order valence-electron chi connectivity index (χ2n) is 4.41. The largest absolute Gasteiger partial charge is 0.302 e. The highest BCUT2D eigenvalue weighted by Crippen LogP contribution is 2.25. The summed E-state index contributed by atoms with van der Waals surface area (Å²) >= 11 is 1.47. The zero-order chi connectivity index (χ0) is 13.7. The number of benzene rings is 1. The lowest BCUT2D eigenvalue weighted by Gasteiger charge is -2.10. The molecule has 1 amide bonds. The van der Waals surface area contributed by atoms with E-state index in [4.69, 9.17) is 0 Å². The van der Waals surface area contributed by atoms with E-state index in [0.717, 1.165) is 24.1 Å². The fourth-order valence-electron chi connectivity index (χ4n) is 1.94. The standard InChI is InChI=1S/C15H18N2OS/c1-3-11(4-2)14(18)17-15-16-13(10-19-15)12-8-6-5-7-9-12/h5-11H,3-4H2,1-2H3,(H,16,17,18). The van der Waals surface area contributed by atoms with Gasteiger partial charge in [0.05, 0.1) is 5.69 Å². The molecule has 19 heavy (non-hydrogen) atoms. The summed E-state index contributed by atoms with van der Waals surface area (Å²) in [7, 11) is 0. The van der Waals surface area contributed by atoms with Crippen molar-refractivity contribution >= 4 is 22.4 Å². The molecule has 0 aliphatic rings. The van der Waals surface area contributed by atoms with Crippen molar-refractivity contribution in [3.8, 4) is 11.3 Å². The van der Waals surface area contributed by atoms with Crippen LogP contribution in [0.1, 0.15) is 26.7 Å². The summed E-state index contributed by atoms with van der Waals surface area (Å²) in [5.41, 5.74) is 1.98. The van der Waals surface area contributed by atoms with Crippen molar-refractivity contribution in [3.63, 3.8) is 0 Å². The van der Waals surface area contributed by atoms with E-state index in [9.17, 15) is 4.79 Å². The molecule has 0 unspecified atom stereocenters. The number of nitrogens with zero attached hydrogens (tertiary/aromatic N) is 1. The Labute approximate surface area is 117 Å². The molecule has 3 nitrogen and oxygen atoms in total. The number of carbonyl (C=O) groups is 1. The minimum Gasteiger partial charge on any atom is -0.302 e. The SMILES string of the molecule is CCC(CC)C(=O)Nc1nc(-c2ccccc2)cs1. The fraction of sp³-hybridized carbons (Fsp3) is 0.333. The van der Waals surface area contributed by atoms with Gasteiger partial charge in [-0.3, -0.25) is 4.79 Å². The molecule has 2 aromatic rings. The topological polar surface area (TPSA) is 42.0 Å². The van der Waals surface area contributed by atoms with E-state index in [2.05, 4.69) is 10.3 Å². The minimum atomic E-state index is 0.0685. The van der Waals surface area contributed by atoms with Crippen LogP contribution in [-0.4, -0.2) is 10.9 Å². The lowest BCUT2D eigenvalue weighted by Crippen LogP contribution is -2.21. The summed E-state index contributed by atoms with van der Waals surface area (Å²) in [6.07, 6.45) is 1.72. The van der Waals surface area contributed by atoms with Crippen molar-refractivity contribution in [1.82, 2.24) is 4.98 Å². The average molecular weight is 274 g/mol. The van der Waals surface area contributed by atoms with Gasteiger partial charge >= 0.3 is 0 Å². The first-order chi connectivity index (χ1) is 9.24. The number of hydrogen-bond acceptors (Lipinski definition) is 3. The van der Waals surface area contributed by atoms with E-state index in [1.54, 1.807) is 0 Å². The van der Waals surface area contributed by atoms with Gasteiger partial charge in [0.1, 0.15) is 0 Å². The molecule has 0 aliphatic carbocycles. The van der Waals surface area contributed by atoms with E-state index in [-0.39, 0.29) is 11.8 Å². The van der Waals surface area contributed by atoms with Crippen molar-refractivity contribution in [1.29, 1.82) is 0 Å². The number of thiazole rings is 1. The molecule has 1 aromatic heterocycles. The molecule has 0 bridgehead atoms. The third-order valence-electron chi connectivity index (χ3n) is 3.16. The molecule has 1 heterocycles. The van der Waals surface area contributed by atoms with Crippen molar-refractivity contribution in [3.05, 3.63) is 35.7 Å². The molecule has 1 N–H and O–H groups in total. The third kappa shape index (κ3) is 3.41.